The van der Waals surface area contributed by atoms with Gasteiger partial charge in [0.2, 0.25) is 0 Å². The third-order valence-electron chi connectivity index (χ3n) is 4.85. The predicted molar refractivity (Wildman–Crippen MR) is 106 cm³/mol. The molecule has 1 amide bonds. The SMILES string of the molecule is CCS(=O)(=O)c1cc(NC(=O)C(F)(F)F)c(C)cc1-c1nc2cc(C(F)(F)F)ncc2n1C. The van der Waals surface area contributed by atoms with E-state index in [-0.39, 0.29) is 33.7 Å². The van der Waals surface area contributed by atoms with Gasteiger partial charge in [-0.3, -0.25) is 4.79 Å². The zero-order valence-electron chi connectivity index (χ0n) is 17.3. The highest BCUT2D eigenvalue weighted by molar-refractivity contribution is 7.91. The van der Waals surface area contributed by atoms with Gasteiger partial charge >= 0.3 is 18.3 Å². The smallest absolute Gasteiger partial charge is 0.326 e. The molecule has 0 saturated heterocycles. The molecule has 1 N–H and O–H groups in total. The monoisotopic (exact) mass is 494 g/mol. The minimum absolute atomic E-state index is 0.0463. The highest BCUT2D eigenvalue weighted by atomic mass is 32.2. The molecule has 0 unspecified atom stereocenters. The highest BCUT2D eigenvalue weighted by Gasteiger charge is 2.39. The number of aryl methyl sites for hydroxylation is 2. The first kappa shape index (κ1) is 24.5. The van der Waals surface area contributed by atoms with Gasteiger partial charge in [-0.2, -0.15) is 26.3 Å². The Morgan fingerprint density at radius 1 is 1.12 bits per heavy atom. The van der Waals surface area contributed by atoms with E-state index in [2.05, 4.69) is 9.97 Å². The van der Waals surface area contributed by atoms with Crippen molar-refractivity contribution in [1.82, 2.24) is 14.5 Å². The molecule has 178 valence electrons. The van der Waals surface area contributed by atoms with Crippen molar-refractivity contribution in [2.24, 2.45) is 7.05 Å². The maximum absolute atomic E-state index is 13.0. The summed E-state index contributed by atoms with van der Waals surface area (Å²) < 4.78 is 104. The summed E-state index contributed by atoms with van der Waals surface area (Å²) in [6, 6.07) is 2.79. The van der Waals surface area contributed by atoms with Crippen molar-refractivity contribution in [2.75, 3.05) is 11.1 Å². The lowest BCUT2D eigenvalue weighted by atomic mass is 10.1. The van der Waals surface area contributed by atoms with Crippen LogP contribution in [0, 0.1) is 6.92 Å². The van der Waals surface area contributed by atoms with Crippen molar-refractivity contribution in [3.05, 3.63) is 35.7 Å². The van der Waals surface area contributed by atoms with E-state index in [9.17, 15) is 39.6 Å². The van der Waals surface area contributed by atoms with Crippen LogP contribution in [0.2, 0.25) is 0 Å². The first-order valence-corrected chi connectivity index (χ1v) is 10.9. The normalized spacial score (nSPS) is 12.9. The molecular weight excluding hydrogens is 478 g/mol. The molecule has 14 heteroatoms. The van der Waals surface area contributed by atoms with E-state index in [4.69, 9.17) is 0 Å². The maximum Gasteiger partial charge on any atom is 0.471 e. The predicted octanol–water partition coefficient (Wildman–Crippen LogP) is 4.26. The number of hydrogen-bond acceptors (Lipinski definition) is 5. The maximum atomic E-state index is 13.0. The van der Waals surface area contributed by atoms with Gasteiger partial charge in [0.25, 0.3) is 0 Å². The molecule has 0 atom stereocenters. The molecule has 0 radical (unpaired) electrons. The Labute approximate surface area is 183 Å². The molecule has 0 aliphatic rings. The number of rotatable bonds is 4. The van der Waals surface area contributed by atoms with E-state index in [0.717, 1.165) is 12.3 Å². The topological polar surface area (TPSA) is 93.9 Å². The quantitative estimate of drug-likeness (QED) is 0.548. The van der Waals surface area contributed by atoms with E-state index in [0.29, 0.717) is 6.07 Å². The molecule has 2 aromatic heterocycles. The minimum Gasteiger partial charge on any atom is -0.326 e. The molecule has 0 aliphatic heterocycles. The summed E-state index contributed by atoms with van der Waals surface area (Å²) in [6.45, 7) is 2.64. The molecule has 0 fully saturated rings. The molecule has 0 bridgehead atoms. The molecule has 1 aromatic carbocycles. The van der Waals surface area contributed by atoms with Gasteiger partial charge in [0, 0.05) is 18.3 Å². The number of sulfone groups is 1. The fourth-order valence-corrected chi connectivity index (χ4v) is 4.18. The van der Waals surface area contributed by atoms with E-state index < -0.39 is 44.4 Å². The molecule has 0 spiro atoms. The Hall–Kier alpha value is -3.16. The van der Waals surface area contributed by atoms with Crippen LogP contribution in [0.1, 0.15) is 18.2 Å². The van der Waals surface area contributed by atoms with Crippen molar-refractivity contribution in [3.63, 3.8) is 0 Å². The zero-order valence-corrected chi connectivity index (χ0v) is 18.1. The average Bonchev–Trinajstić information content (AvgIpc) is 3.03. The molecular formula is C19H16F6N4O3S. The molecule has 3 aromatic rings. The molecule has 3 rings (SSSR count). The van der Waals surface area contributed by atoms with Crippen molar-refractivity contribution in [3.8, 4) is 11.4 Å². The van der Waals surface area contributed by atoms with Crippen molar-refractivity contribution in [2.45, 2.75) is 31.1 Å². The average molecular weight is 494 g/mol. The summed E-state index contributed by atoms with van der Waals surface area (Å²) in [6.07, 6.45) is -8.99. The summed E-state index contributed by atoms with van der Waals surface area (Å²) in [7, 11) is -2.63. The second-order valence-corrected chi connectivity index (χ2v) is 9.32. The zero-order chi connectivity index (χ0) is 24.9. The number of carbonyl (C=O) groups excluding carboxylic acids is 1. The number of anilines is 1. The molecule has 33 heavy (non-hydrogen) atoms. The summed E-state index contributed by atoms with van der Waals surface area (Å²) in [5, 5.41) is 1.64. The van der Waals surface area contributed by atoms with Gasteiger partial charge < -0.3 is 9.88 Å². The Kier molecular flexibility index (Phi) is 5.94. The number of carbonyl (C=O) groups is 1. The van der Waals surface area contributed by atoms with Crippen LogP contribution in [-0.2, 0) is 27.9 Å². The van der Waals surface area contributed by atoms with Crippen LogP contribution in [0.3, 0.4) is 0 Å². The number of halogens is 6. The van der Waals surface area contributed by atoms with Gasteiger partial charge in [0.15, 0.2) is 9.84 Å². The first-order chi connectivity index (χ1) is 15.1. The first-order valence-electron chi connectivity index (χ1n) is 9.22. The molecule has 0 aliphatic carbocycles. The summed E-state index contributed by atoms with van der Waals surface area (Å²) >= 11 is 0. The lowest BCUT2D eigenvalue weighted by molar-refractivity contribution is -0.167. The number of imidazole rings is 1. The van der Waals surface area contributed by atoms with Crippen LogP contribution in [-0.4, -0.2) is 40.8 Å². The number of benzene rings is 1. The Bertz CT molecular complexity index is 1360. The van der Waals surface area contributed by atoms with E-state index in [1.165, 1.54) is 31.5 Å². The van der Waals surface area contributed by atoms with Crippen LogP contribution in [0.25, 0.3) is 22.4 Å². The van der Waals surface area contributed by atoms with E-state index in [1.807, 2.05) is 0 Å². The Morgan fingerprint density at radius 2 is 1.76 bits per heavy atom. The van der Waals surface area contributed by atoms with Crippen LogP contribution in [0.4, 0.5) is 32.0 Å². The van der Waals surface area contributed by atoms with Crippen LogP contribution >= 0.6 is 0 Å². The van der Waals surface area contributed by atoms with E-state index >= 15 is 0 Å². The number of nitrogens with one attached hydrogen (secondary N) is 1. The van der Waals surface area contributed by atoms with Crippen LogP contribution < -0.4 is 5.32 Å². The lowest BCUT2D eigenvalue weighted by Crippen LogP contribution is -2.30. The summed E-state index contributed by atoms with van der Waals surface area (Å²) in [5.74, 6) is -2.76. The number of aromatic nitrogens is 3. The van der Waals surface area contributed by atoms with Crippen molar-refractivity contribution >= 4 is 32.5 Å². The lowest BCUT2D eigenvalue weighted by Gasteiger charge is -2.16. The summed E-state index contributed by atoms with van der Waals surface area (Å²) in [5.41, 5.74) is -1.48. The van der Waals surface area contributed by atoms with Crippen molar-refractivity contribution < 1.29 is 39.6 Å². The summed E-state index contributed by atoms with van der Waals surface area (Å²) in [4.78, 5) is 18.4. The Morgan fingerprint density at radius 3 is 2.30 bits per heavy atom. The third-order valence-corrected chi connectivity index (χ3v) is 6.61. The van der Waals surface area contributed by atoms with Crippen LogP contribution in [0.15, 0.2) is 29.3 Å². The Balaban J connectivity index is 2.26. The van der Waals surface area contributed by atoms with Gasteiger partial charge in [-0.15, -0.1) is 0 Å². The van der Waals surface area contributed by atoms with Gasteiger partial charge in [-0.1, -0.05) is 6.92 Å². The van der Waals surface area contributed by atoms with Gasteiger partial charge in [-0.25, -0.2) is 18.4 Å². The molecule has 2 heterocycles. The van der Waals surface area contributed by atoms with E-state index in [1.54, 1.807) is 5.32 Å². The largest absolute Gasteiger partial charge is 0.471 e. The number of nitrogens with zero attached hydrogens (tertiary/aromatic N) is 3. The minimum atomic E-state index is -5.20. The number of amides is 1. The fraction of sp³-hybridized carbons (Fsp3) is 0.316. The van der Waals surface area contributed by atoms with Gasteiger partial charge in [0.05, 0.1) is 27.9 Å². The third kappa shape index (κ3) is 4.65. The van der Waals surface area contributed by atoms with Gasteiger partial charge in [-0.05, 0) is 30.7 Å². The molecule has 7 nitrogen and oxygen atoms in total. The second kappa shape index (κ2) is 8.01. The van der Waals surface area contributed by atoms with Crippen molar-refractivity contribution in [1.29, 1.82) is 0 Å². The number of alkyl halides is 6. The number of pyridine rings is 1. The second-order valence-electron chi connectivity index (χ2n) is 7.07. The highest BCUT2D eigenvalue weighted by Crippen LogP contribution is 2.36. The van der Waals surface area contributed by atoms with Gasteiger partial charge in [0.1, 0.15) is 11.5 Å². The van der Waals surface area contributed by atoms with Crippen LogP contribution in [0.5, 0.6) is 0 Å². The number of fused-ring (bicyclic) bond motifs is 1. The number of hydrogen-bond donors (Lipinski definition) is 1. The molecule has 0 saturated carbocycles. The standard InChI is InChI=1S/C19H16F6N4O3S/c1-4-33(31,32)14-6-11(28-17(30)19(23,24)25)9(2)5-10(14)16-27-12-7-15(18(20,21)22)26-8-13(12)29(16)3/h5-8H,4H2,1-3H3,(H,28,30). The fourth-order valence-electron chi connectivity index (χ4n) is 3.09.